The van der Waals surface area contributed by atoms with Crippen LogP contribution in [0, 0.1) is 5.39 Å². The first-order chi connectivity index (χ1) is 9.78. The second kappa shape index (κ2) is 6.83. The van der Waals surface area contributed by atoms with Gasteiger partial charge in [-0.25, -0.2) is 0 Å². The normalized spacial score (nSPS) is 9.85. The number of nitrogens with zero attached hydrogens (tertiary/aromatic N) is 2. The zero-order chi connectivity index (χ0) is 14.4. The molecule has 0 aromatic heterocycles. The van der Waals surface area contributed by atoms with Crippen molar-refractivity contribution in [3.8, 4) is 11.5 Å². The Kier molecular flexibility index (Phi) is 4.85. The fourth-order valence-corrected chi connectivity index (χ4v) is 2.77. The van der Waals surface area contributed by atoms with Gasteiger partial charge in [-0.05, 0) is 5.56 Å². The molecule has 0 aliphatic heterocycles. The minimum Gasteiger partial charge on any atom is -0.495 e. The van der Waals surface area contributed by atoms with E-state index in [4.69, 9.17) is 14.9 Å². The van der Waals surface area contributed by atoms with E-state index in [9.17, 15) is 0 Å². The van der Waals surface area contributed by atoms with E-state index < -0.39 is 0 Å². The Morgan fingerprint density at radius 3 is 2.35 bits per heavy atom. The van der Waals surface area contributed by atoms with Crippen molar-refractivity contribution < 1.29 is 9.47 Å². The van der Waals surface area contributed by atoms with Crippen molar-refractivity contribution in [1.29, 1.82) is 5.39 Å². The summed E-state index contributed by atoms with van der Waals surface area (Å²) in [6.07, 6.45) is 0. The average molecular weight is 287 g/mol. The Balaban J connectivity index is 2.24. The van der Waals surface area contributed by atoms with Gasteiger partial charge < -0.3 is 9.47 Å². The first-order valence-electron chi connectivity index (χ1n) is 6.06. The monoisotopic (exact) mass is 287 g/mol. The molecule has 102 valence electrons. The van der Waals surface area contributed by atoms with Crippen LogP contribution in [0.1, 0.15) is 5.56 Å². The maximum atomic E-state index is 8.95. The molecule has 0 spiro atoms. The van der Waals surface area contributed by atoms with Gasteiger partial charge in [0.15, 0.2) is 4.98 Å². The summed E-state index contributed by atoms with van der Waals surface area (Å²) < 4.78 is 10.5. The van der Waals surface area contributed by atoms with Crippen molar-refractivity contribution in [2.45, 2.75) is 10.6 Å². The molecule has 4 nitrogen and oxygen atoms in total. The van der Waals surface area contributed by atoms with Crippen molar-refractivity contribution in [2.24, 2.45) is 0 Å². The number of diazo groups is 1. The zero-order valence-electron chi connectivity index (χ0n) is 11.4. The van der Waals surface area contributed by atoms with Gasteiger partial charge in [0.1, 0.15) is 5.75 Å². The molecule has 0 radical (unpaired) electrons. The van der Waals surface area contributed by atoms with Gasteiger partial charge in [-0.3, -0.25) is 0 Å². The van der Waals surface area contributed by atoms with Crippen LogP contribution < -0.4 is 9.47 Å². The highest BCUT2D eigenvalue weighted by Gasteiger charge is 2.20. The number of hydrogen-bond donors (Lipinski definition) is 0. The van der Waals surface area contributed by atoms with E-state index in [1.165, 1.54) is 5.56 Å². The van der Waals surface area contributed by atoms with E-state index in [2.05, 4.69) is 17.1 Å². The molecule has 0 saturated carbocycles. The molecule has 0 aliphatic rings. The van der Waals surface area contributed by atoms with E-state index in [-0.39, 0.29) is 0 Å². The third-order valence-electron chi connectivity index (χ3n) is 2.81. The first-order valence-corrected chi connectivity index (χ1v) is 7.05. The number of rotatable bonds is 5. The van der Waals surface area contributed by atoms with Crippen LogP contribution in [-0.2, 0) is 5.75 Å². The van der Waals surface area contributed by atoms with Crippen molar-refractivity contribution in [2.75, 3.05) is 14.2 Å². The molecule has 0 unspecified atom stereocenters. The highest BCUT2D eigenvalue weighted by Crippen LogP contribution is 2.40. The van der Waals surface area contributed by atoms with Crippen molar-refractivity contribution in [3.05, 3.63) is 53.0 Å². The SMILES string of the molecule is COc1cc(SCc2ccccc2)c(OC)cc1[N+]#N. The van der Waals surface area contributed by atoms with E-state index in [0.717, 1.165) is 10.6 Å². The molecule has 0 amide bonds. The molecule has 0 saturated heterocycles. The second-order valence-electron chi connectivity index (χ2n) is 4.05. The molecule has 0 fully saturated rings. The topological polar surface area (TPSA) is 46.6 Å². The van der Waals surface area contributed by atoms with Gasteiger partial charge in [-0.15, -0.1) is 11.8 Å². The van der Waals surface area contributed by atoms with Crippen LogP contribution in [0.5, 0.6) is 11.5 Å². The lowest BCUT2D eigenvalue weighted by atomic mass is 10.2. The van der Waals surface area contributed by atoms with Crippen LogP contribution in [0.15, 0.2) is 47.4 Å². The summed E-state index contributed by atoms with van der Waals surface area (Å²) in [6, 6.07) is 13.7. The largest absolute Gasteiger partial charge is 0.495 e. The van der Waals surface area contributed by atoms with E-state index in [1.54, 1.807) is 32.0 Å². The van der Waals surface area contributed by atoms with Gasteiger partial charge >= 0.3 is 5.69 Å². The van der Waals surface area contributed by atoms with Crippen LogP contribution in [0.25, 0.3) is 4.98 Å². The van der Waals surface area contributed by atoms with Gasteiger partial charge in [-0.2, -0.15) is 0 Å². The highest BCUT2D eigenvalue weighted by molar-refractivity contribution is 7.98. The van der Waals surface area contributed by atoms with Crippen LogP contribution >= 0.6 is 11.8 Å². The minimum atomic E-state index is 0.355. The number of hydrogen-bond acceptors (Lipinski definition) is 4. The molecule has 2 aromatic rings. The molecular formula is C15H15N2O2S+. The Labute approximate surface area is 122 Å². The summed E-state index contributed by atoms with van der Waals surface area (Å²) in [5, 5.41) is 8.95. The summed E-state index contributed by atoms with van der Waals surface area (Å²) in [6.45, 7) is 0. The number of methoxy groups -OCH3 is 2. The van der Waals surface area contributed by atoms with Gasteiger partial charge in [0, 0.05) is 11.8 Å². The van der Waals surface area contributed by atoms with Crippen molar-refractivity contribution in [3.63, 3.8) is 0 Å². The van der Waals surface area contributed by atoms with Crippen LogP contribution in [0.3, 0.4) is 0 Å². The lowest BCUT2D eigenvalue weighted by Crippen LogP contribution is -1.90. The zero-order valence-corrected chi connectivity index (χ0v) is 12.2. The molecule has 0 aliphatic carbocycles. The summed E-state index contributed by atoms with van der Waals surface area (Å²) in [5.41, 5.74) is 1.59. The van der Waals surface area contributed by atoms with Gasteiger partial charge in [0.25, 0.3) is 0 Å². The Morgan fingerprint density at radius 2 is 1.75 bits per heavy atom. The molecule has 2 aromatic carbocycles. The maximum absolute atomic E-state index is 8.95. The average Bonchev–Trinajstić information content (AvgIpc) is 2.52. The third kappa shape index (κ3) is 3.22. The maximum Gasteiger partial charge on any atom is 0.430 e. The Morgan fingerprint density at radius 1 is 1.05 bits per heavy atom. The van der Waals surface area contributed by atoms with E-state index in [0.29, 0.717) is 17.2 Å². The second-order valence-corrected chi connectivity index (χ2v) is 5.07. The molecule has 0 heterocycles. The van der Waals surface area contributed by atoms with Crippen molar-refractivity contribution >= 4 is 17.4 Å². The summed E-state index contributed by atoms with van der Waals surface area (Å²) in [7, 11) is 3.14. The van der Waals surface area contributed by atoms with Crippen LogP contribution in [0.2, 0.25) is 0 Å². The number of ether oxygens (including phenoxy) is 2. The lowest BCUT2D eigenvalue weighted by Gasteiger charge is -2.08. The van der Waals surface area contributed by atoms with E-state index in [1.807, 2.05) is 24.3 Å². The molecule has 0 N–H and O–H groups in total. The molecule has 0 bridgehead atoms. The summed E-state index contributed by atoms with van der Waals surface area (Å²) in [4.78, 5) is 4.14. The fourth-order valence-electron chi connectivity index (χ4n) is 1.78. The smallest absolute Gasteiger partial charge is 0.430 e. The third-order valence-corrected chi connectivity index (χ3v) is 3.92. The number of benzene rings is 2. The van der Waals surface area contributed by atoms with Crippen molar-refractivity contribution in [1.82, 2.24) is 0 Å². The van der Waals surface area contributed by atoms with Gasteiger partial charge in [-0.1, -0.05) is 30.3 Å². The predicted octanol–water partition coefficient (Wildman–Crippen LogP) is 4.48. The summed E-state index contributed by atoms with van der Waals surface area (Å²) >= 11 is 1.65. The molecule has 2 rings (SSSR count). The fraction of sp³-hybridized carbons (Fsp3) is 0.200. The molecule has 5 heteroatoms. The summed E-state index contributed by atoms with van der Waals surface area (Å²) in [5.74, 6) is 2.01. The quantitative estimate of drug-likeness (QED) is 0.601. The van der Waals surface area contributed by atoms with Crippen LogP contribution in [0.4, 0.5) is 5.69 Å². The van der Waals surface area contributed by atoms with Crippen LogP contribution in [-0.4, -0.2) is 14.2 Å². The van der Waals surface area contributed by atoms with Gasteiger partial charge in [0.05, 0.1) is 25.2 Å². The minimum absolute atomic E-state index is 0.355. The first kappa shape index (κ1) is 14.2. The molecule has 20 heavy (non-hydrogen) atoms. The predicted molar refractivity (Wildman–Crippen MR) is 80.3 cm³/mol. The van der Waals surface area contributed by atoms with Gasteiger partial charge in [0.2, 0.25) is 11.1 Å². The molecular weight excluding hydrogens is 272 g/mol. The van der Waals surface area contributed by atoms with E-state index >= 15 is 0 Å². The Hall–Kier alpha value is -2.19. The Bertz CT molecular complexity index is 624. The number of thioether (sulfide) groups is 1. The molecule has 0 atom stereocenters. The highest BCUT2D eigenvalue weighted by atomic mass is 32.2. The lowest BCUT2D eigenvalue weighted by molar-refractivity contribution is 0.396. The standard InChI is InChI=1S/C15H15N2O2S/c1-18-13-9-15(14(19-2)8-12(13)17-16)20-10-11-6-4-3-5-7-11/h3-9H,10H2,1-2H3/q+1.